The first-order valence-electron chi connectivity index (χ1n) is 27.3. The number of ether oxygens (including phenoxy) is 2. The normalized spacial score (nSPS) is 13.6. The number of primary amides is 1. The van der Waals surface area contributed by atoms with Crippen molar-refractivity contribution in [3.8, 4) is 11.1 Å². The van der Waals surface area contributed by atoms with Crippen LogP contribution in [0.3, 0.4) is 0 Å². The van der Waals surface area contributed by atoms with Gasteiger partial charge in [-0.3, -0.25) is 14.9 Å². The number of aryl methyl sites for hydroxylation is 1. The van der Waals surface area contributed by atoms with Crippen LogP contribution in [0.4, 0.5) is 25.9 Å². The molecule has 0 radical (unpaired) electrons. The minimum absolute atomic E-state index is 0.0660. The number of para-hydroxylation sites is 1. The van der Waals surface area contributed by atoms with E-state index >= 15 is 0 Å². The van der Waals surface area contributed by atoms with Crippen LogP contribution in [0, 0.1) is 11.8 Å². The number of carbonyl (C=O) groups excluding carboxylic acids is 5. The summed E-state index contributed by atoms with van der Waals surface area (Å²) in [6.07, 6.45) is 5.65. The number of amides is 6. The highest BCUT2D eigenvalue weighted by Gasteiger charge is 2.32. The first-order valence-corrected chi connectivity index (χ1v) is 27.3. The summed E-state index contributed by atoms with van der Waals surface area (Å²) in [4.78, 5) is 76.0. The number of nitrogens with two attached hydrogens (primary N) is 1. The van der Waals surface area contributed by atoms with Gasteiger partial charge >= 0.3 is 18.2 Å². The first kappa shape index (κ1) is 54.5. The minimum Gasteiger partial charge on any atom is -0.449 e. The molecular weight excluding hydrogens is 985 g/mol. The molecule has 2 atom stereocenters. The quantitative estimate of drug-likeness (QED) is 0.0268. The molecule has 0 spiro atoms. The van der Waals surface area contributed by atoms with Gasteiger partial charge in [0.05, 0.1) is 11.0 Å². The van der Waals surface area contributed by atoms with Gasteiger partial charge in [0.1, 0.15) is 36.6 Å². The van der Waals surface area contributed by atoms with E-state index in [1.54, 1.807) is 38.1 Å². The maximum atomic E-state index is 13.9. The fourth-order valence-electron chi connectivity index (χ4n) is 10.1. The Bertz CT molecular complexity index is 3200. The number of nitrogens with one attached hydrogen (secondary N) is 6. The van der Waals surface area contributed by atoms with Gasteiger partial charge in [0.25, 0.3) is 0 Å². The molecular formula is C61H70N10O7. The van der Waals surface area contributed by atoms with E-state index in [2.05, 4.69) is 79.8 Å². The summed E-state index contributed by atoms with van der Waals surface area (Å²) in [5.74, 6) is 0.469. The Morgan fingerprint density at radius 2 is 1.40 bits per heavy atom. The zero-order valence-electron chi connectivity index (χ0n) is 44.6. The van der Waals surface area contributed by atoms with Crippen LogP contribution in [0.15, 0.2) is 121 Å². The molecule has 0 saturated heterocycles. The number of hydrogen-bond acceptors (Lipinski definition) is 10. The maximum Gasteiger partial charge on any atom is 0.413 e. The summed E-state index contributed by atoms with van der Waals surface area (Å²) in [6, 6.07) is 36.6. The van der Waals surface area contributed by atoms with Crippen molar-refractivity contribution in [1.29, 1.82) is 0 Å². The second kappa shape index (κ2) is 25.7. The van der Waals surface area contributed by atoms with Crippen LogP contribution in [0.2, 0.25) is 0 Å². The Hall–Kier alpha value is -8.31. The summed E-state index contributed by atoms with van der Waals surface area (Å²) in [6.45, 7) is 8.35. The second-order valence-corrected chi connectivity index (χ2v) is 20.7. The van der Waals surface area contributed by atoms with Crippen molar-refractivity contribution < 1.29 is 33.4 Å². The Morgan fingerprint density at radius 1 is 0.718 bits per heavy atom. The van der Waals surface area contributed by atoms with Gasteiger partial charge < -0.3 is 46.4 Å². The number of alkyl carbamates (subject to hydrolysis) is 1. The largest absolute Gasteiger partial charge is 0.449 e. The molecule has 2 aliphatic rings. The van der Waals surface area contributed by atoms with Crippen molar-refractivity contribution in [2.45, 2.75) is 110 Å². The number of rotatable bonds is 25. The smallest absolute Gasteiger partial charge is 0.413 e. The van der Waals surface area contributed by atoms with Crippen LogP contribution in [0.25, 0.3) is 33.1 Å². The van der Waals surface area contributed by atoms with Gasteiger partial charge in [-0.15, -0.1) is 0 Å². The minimum atomic E-state index is -1.06. The first-order chi connectivity index (χ1) is 37.9. The van der Waals surface area contributed by atoms with Crippen molar-refractivity contribution in [1.82, 2.24) is 35.8 Å². The van der Waals surface area contributed by atoms with Gasteiger partial charge in [-0.2, -0.15) is 0 Å². The predicted molar refractivity (Wildman–Crippen MR) is 303 cm³/mol. The van der Waals surface area contributed by atoms with Crippen LogP contribution in [0.1, 0.15) is 105 Å². The van der Waals surface area contributed by atoms with Crippen molar-refractivity contribution in [3.63, 3.8) is 0 Å². The molecule has 0 unspecified atom stereocenters. The SMILES string of the molecule is CCCCc1nc2c(NC(=O)OCc3ccc(NC(=O)[C@H](CCCNC(N)=O)NC(=O)[C@@H](NC(=O)OCC4c5ccccc5-c5ccccc54)C(C)C)cc3)nc3ccccc3c2n1Cc1ccc(CNCCC2CC2)cc1. The number of benzene rings is 5. The highest BCUT2D eigenvalue weighted by molar-refractivity contribution is 6.09. The molecule has 0 bridgehead atoms. The topological polar surface area (TPSA) is 233 Å². The molecule has 9 rings (SSSR count). The van der Waals surface area contributed by atoms with Crippen LogP contribution < -0.4 is 37.6 Å². The number of imidazole rings is 1. The molecule has 2 aliphatic carbocycles. The third kappa shape index (κ3) is 13.8. The lowest BCUT2D eigenvalue weighted by Crippen LogP contribution is -2.54. The molecule has 1 fully saturated rings. The molecule has 8 N–H and O–H groups in total. The number of nitrogens with zero attached hydrogens (tertiary/aromatic N) is 3. The summed E-state index contributed by atoms with van der Waals surface area (Å²) in [7, 11) is 0. The van der Waals surface area contributed by atoms with Crippen molar-refractivity contribution in [2.24, 2.45) is 17.6 Å². The molecule has 17 heteroatoms. The highest BCUT2D eigenvalue weighted by atomic mass is 16.6. The van der Waals surface area contributed by atoms with Gasteiger partial charge in [-0.1, -0.05) is 143 Å². The van der Waals surface area contributed by atoms with Crippen LogP contribution in [0.5, 0.6) is 0 Å². The lowest BCUT2D eigenvalue weighted by atomic mass is 9.98. The predicted octanol–water partition coefficient (Wildman–Crippen LogP) is 10.0. The molecule has 1 saturated carbocycles. The molecule has 2 aromatic heterocycles. The summed E-state index contributed by atoms with van der Waals surface area (Å²) in [5, 5.41) is 18.3. The van der Waals surface area contributed by atoms with Crippen molar-refractivity contribution in [3.05, 3.63) is 155 Å². The Labute approximate surface area is 454 Å². The molecule has 78 heavy (non-hydrogen) atoms. The number of hydrogen-bond donors (Lipinski definition) is 7. The second-order valence-electron chi connectivity index (χ2n) is 20.7. The number of urea groups is 1. The third-order valence-corrected chi connectivity index (χ3v) is 14.5. The number of carbonyl (C=O) groups is 5. The Balaban J connectivity index is 0.818. The number of unbranched alkanes of at least 4 members (excludes halogenated alkanes) is 1. The van der Waals surface area contributed by atoms with E-state index in [0.29, 0.717) is 41.1 Å². The Morgan fingerprint density at radius 3 is 2.09 bits per heavy atom. The van der Waals surface area contributed by atoms with Crippen LogP contribution in [-0.4, -0.2) is 76.3 Å². The standard InChI is InChI=1S/C61H70N10O7/c1-4-5-20-52-68-54-55(71(52)35-41-25-23-40(24-26-41)34-63-33-31-39-21-22-39)48-17-10-11-18-50(48)66-56(54)70-61(76)77-36-42-27-29-43(30-28-42)65-57(72)51(19-12-32-64-59(62)74)67-58(73)53(38(2)3)69-60(75)78-37-49-46-15-8-6-13-44(46)45-14-7-9-16-47(45)49/h6-11,13-18,23-30,38-39,49,51,53,63H,4-5,12,19-22,31-37H2,1-3H3,(H,65,72)(H,67,73)(H,69,75)(H3,62,64,74)(H,66,70,76)/t51-,53-/m0/s1. The van der Waals surface area contributed by atoms with Crippen molar-refractivity contribution >= 4 is 63.5 Å². The molecule has 406 valence electrons. The lowest BCUT2D eigenvalue weighted by Gasteiger charge is -2.25. The molecule has 7 aromatic rings. The molecule has 2 heterocycles. The van der Waals surface area contributed by atoms with E-state index < -0.39 is 42.1 Å². The molecule has 0 aliphatic heterocycles. The third-order valence-electron chi connectivity index (χ3n) is 14.5. The van der Waals surface area contributed by atoms with E-state index in [1.165, 1.54) is 24.8 Å². The highest BCUT2D eigenvalue weighted by Crippen LogP contribution is 2.44. The average Bonchev–Trinajstić information content (AvgIpc) is 4.19. The van der Waals surface area contributed by atoms with E-state index in [0.717, 1.165) is 82.8 Å². The zero-order chi connectivity index (χ0) is 54.5. The Kier molecular flexibility index (Phi) is 17.9. The summed E-state index contributed by atoms with van der Waals surface area (Å²) < 4.78 is 13.7. The average molecular weight is 1060 g/mol. The van der Waals surface area contributed by atoms with E-state index in [1.807, 2.05) is 60.7 Å². The number of pyridine rings is 1. The van der Waals surface area contributed by atoms with Gasteiger partial charge in [0.15, 0.2) is 5.82 Å². The van der Waals surface area contributed by atoms with Crippen molar-refractivity contribution in [2.75, 3.05) is 30.3 Å². The molecule has 6 amide bonds. The number of anilines is 2. The summed E-state index contributed by atoms with van der Waals surface area (Å²) in [5.41, 5.74) is 15.2. The number of fused-ring (bicyclic) bond motifs is 6. The van der Waals surface area contributed by atoms with Crippen LogP contribution in [-0.2, 0) is 45.2 Å². The van der Waals surface area contributed by atoms with Gasteiger partial charge in [-0.25, -0.2) is 24.4 Å². The zero-order valence-corrected chi connectivity index (χ0v) is 44.6. The van der Waals surface area contributed by atoms with Gasteiger partial charge in [-0.05, 0) is 101 Å². The monoisotopic (exact) mass is 1050 g/mol. The fraction of sp³-hybridized carbons (Fsp3) is 0.361. The van der Waals surface area contributed by atoms with E-state index in [9.17, 15) is 24.0 Å². The number of aromatic nitrogens is 3. The van der Waals surface area contributed by atoms with Crippen LogP contribution >= 0.6 is 0 Å². The van der Waals surface area contributed by atoms with E-state index in [4.69, 9.17) is 25.2 Å². The molecule has 5 aromatic carbocycles. The van der Waals surface area contributed by atoms with Gasteiger partial charge in [0.2, 0.25) is 11.8 Å². The van der Waals surface area contributed by atoms with E-state index in [-0.39, 0.29) is 38.0 Å². The summed E-state index contributed by atoms with van der Waals surface area (Å²) >= 11 is 0. The molecule has 17 nitrogen and oxygen atoms in total. The van der Waals surface area contributed by atoms with Gasteiger partial charge in [0, 0.05) is 43.0 Å². The fourth-order valence-corrected chi connectivity index (χ4v) is 10.1. The maximum absolute atomic E-state index is 13.9. The lowest BCUT2D eigenvalue weighted by molar-refractivity contribution is -0.128.